The number of hydrogen-bond acceptors (Lipinski definition) is 3. The van der Waals surface area contributed by atoms with Gasteiger partial charge in [-0.3, -0.25) is 5.43 Å². The van der Waals surface area contributed by atoms with Crippen LogP contribution in [0.3, 0.4) is 0 Å². The molecule has 126 valence electrons. The fourth-order valence-corrected chi connectivity index (χ4v) is 4.24. The predicted octanol–water partition coefficient (Wildman–Crippen LogP) is 4.93. The van der Waals surface area contributed by atoms with E-state index in [2.05, 4.69) is 47.1 Å². The molecule has 0 radical (unpaired) electrons. The summed E-state index contributed by atoms with van der Waals surface area (Å²) in [6.45, 7) is 4.16. The number of aryl methyl sites for hydroxylation is 1. The van der Waals surface area contributed by atoms with Crippen LogP contribution >= 0.6 is 11.8 Å². The molecular formula is C20H18FN3S. The van der Waals surface area contributed by atoms with E-state index >= 15 is 0 Å². The maximum absolute atomic E-state index is 13.2. The highest BCUT2D eigenvalue weighted by molar-refractivity contribution is 8.14. The van der Waals surface area contributed by atoms with Crippen LogP contribution in [-0.2, 0) is 0 Å². The van der Waals surface area contributed by atoms with Gasteiger partial charge in [-0.25, -0.2) is 4.39 Å². The lowest BCUT2D eigenvalue weighted by molar-refractivity contribution is 0.627. The van der Waals surface area contributed by atoms with Gasteiger partial charge < -0.3 is 4.57 Å². The average molecular weight is 351 g/mol. The smallest absolute Gasteiger partial charge is 0.126 e. The molecule has 0 aliphatic carbocycles. The van der Waals surface area contributed by atoms with E-state index in [9.17, 15) is 4.39 Å². The van der Waals surface area contributed by atoms with Crippen molar-refractivity contribution in [1.29, 1.82) is 0 Å². The van der Waals surface area contributed by atoms with Gasteiger partial charge in [-0.05, 0) is 44.2 Å². The van der Waals surface area contributed by atoms with Crippen LogP contribution in [0.15, 0.2) is 65.8 Å². The second-order valence-electron chi connectivity index (χ2n) is 6.05. The van der Waals surface area contributed by atoms with Gasteiger partial charge in [0.15, 0.2) is 0 Å². The average Bonchev–Trinajstić information content (AvgIpc) is 3.22. The van der Waals surface area contributed by atoms with E-state index in [1.165, 1.54) is 17.7 Å². The molecule has 1 aromatic heterocycles. The van der Waals surface area contributed by atoms with Crippen LogP contribution in [0.2, 0.25) is 0 Å². The summed E-state index contributed by atoms with van der Waals surface area (Å²) in [7, 11) is 0. The van der Waals surface area contributed by atoms with Crippen molar-refractivity contribution in [3.8, 4) is 5.69 Å². The fraction of sp³-hybridized carbons (Fsp3) is 0.150. The third-order valence-electron chi connectivity index (χ3n) is 4.37. The van der Waals surface area contributed by atoms with Crippen molar-refractivity contribution in [3.63, 3.8) is 0 Å². The van der Waals surface area contributed by atoms with Crippen LogP contribution in [0.5, 0.6) is 0 Å². The number of halogens is 1. The molecule has 0 spiro atoms. The van der Waals surface area contributed by atoms with Gasteiger partial charge in [0.1, 0.15) is 16.2 Å². The molecule has 0 unspecified atom stereocenters. The Kier molecular flexibility index (Phi) is 4.09. The quantitative estimate of drug-likeness (QED) is 0.725. The molecular weight excluding hydrogens is 333 g/mol. The zero-order chi connectivity index (χ0) is 17.4. The molecule has 25 heavy (non-hydrogen) atoms. The minimum absolute atomic E-state index is 0.0793. The van der Waals surface area contributed by atoms with Crippen molar-refractivity contribution < 1.29 is 4.39 Å². The van der Waals surface area contributed by atoms with E-state index in [0.717, 1.165) is 27.7 Å². The van der Waals surface area contributed by atoms with Crippen molar-refractivity contribution >= 4 is 16.8 Å². The first-order chi connectivity index (χ1) is 12.1. The number of hydrazone groups is 1. The standard InChI is InChI=1S/C20H18FN3S/c1-13-12-18(14(2)24(13)17-10-8-16(21)9-11-17)20-23-22-19(25-20)15-6-4-3-5-7-15/h3-12,20,23H,1-2H3/t20-/m0/s1. The monoisotopic (exact) mass is 351 g/mol. The van der Waals surface area contributed by atoms with Crippen LogP contribution in [0.25, 0.3) is 5.69 Å². The second-order valence-corrected chi connectivity index (χ2v) is 7.14. The second kappa shape index (κ2) is 6.41. The summed E-state index contributed by atoms with van der Waals surface area (Å²) >= 11 is 1.72. The Bertz CT molecular complexity index is 930. The first-order valence-corrected chi connectivity index (χ1v) is 9.01. The third kappa shape index (κ3) is 2.96. The predicted molar refractivity (Wildman–Crippen MR) is 102 cm³/mol. The van der Waals surface area contributed by atoms with Gasteiger partial charge in [0.05, 0.1) is 0 Å². The van der Waals surface area contributed by atoms with Crippen LogP contribution < -0.4 is 5.43 Å². The van der Waals surface area contributed by atoms with Gasteiger partial charge in [0.25, 0.3) is 0 Å². The van der Waals surface area contributed by atoms with Gasteiger partial charge >= 0.3 is 0 Å². The Hall–Kier alpha value is -2.53. The van der Waals surface area contributed by atoms with E-state index in [-0.39, 0.29) is 11.2 Å². The van der Waals surface area contributed by atoms with E-state index < -0.39 is 0 Å². The summed E-state index contributed by atoms with van der Waals surface area (Å²) in [6.07, 6.45) is 0. The Balaban J connectivity index is 1.63. The summed E-state index contributed by atoms with van der Waals surface area (Å²) in [6, 6.07) is 19.0. The van der Waals surface area contributed by atoms with Crippen LogP contribution in [0.4, 0.5) is 4.39 Å². The topological polar surface area (TPSA) is 29.3 Å². The van der Waals surface area contributed by atoms with Gasteiger partial charge in [0.2, 0.25) is 0 Å². The van der Waals surface area contributed by atoms with Gasteiger partial charge in [-0.2, -0.15) is 5.10 Å². The van der Waals surface area contributed by atoms with Crippen molar-refractivity contribution in [2.75, 3.05) is 0 Å². The molecule has 1 aliphatic heterocycles. The van der Waals surface area contributed by atoms with Gasteiger partial charge in [-0.15, -0.1) is 0 Å². The maximum atomic E-state index is 13.2. The Morgan fingerprint density at radius 3 is 2.48 bits per heavy atom. The van der Waals surface area contributed by atoms with E-state index in [0.29, 0.717) is 0 Å². The zero-order valence-corrected chi connectivity index (χ0v) is 14.8. The molecule has 1 aliphatic rings. The molecule has 2 heterocycles. The number of rotatable bonds is 3. The minimum atomic E-state index is -0.222. The van der Waals surface area contributed by atoms with Crippen LogP contribution in [0.1, 0.15) is 27.9 Å². The first kappa shape index (κ1) is 16.0. The fourth-order valence-electron chi connectivity index (χ4n) is 3.17. The molecule has 5 heteroatoms. The van der Waals surface area contributed by atoms with E-state index in [1.54, 1.807) is 23.9 Å². The van der Waals surface area contributed by atoms with Gasteiger partial charge in [0, 0.05) is 28.2 Å². The summed E-state index contributed by atoms with van der Waals surface area (Å²) in [5.41, 5.74) is 8.78. The molecule has 2 aromatic carbocycles. The highest BCUT2D eigenvalue weighted by atomic mass is 32.2. The number of aromatic nitrogens is 1. The number of benzene rings is 2. The van der Waals surface area contributed by atoms with Crippen molar-refractivity contribution in [2.45, 2.75) is 19.2 Å². The van der Waals surface area contributed by atoms with E-state index in [4.69, 9.17) is 0 Å². The molecule has 0 amide bonds. The first-order valence-electron chi connectivity index (χ1n) is 8.13. The molecule has 3 nitrogen and oxygen atoms in total. The number of nitrogens with zero attached hydrogens (tertiary/aromatic N) is 2. The maximum Gasteiger partial charge on any atom is 0.126 e. The SMILES string of the molecule is Cc1cc([C@H]2NN=C(c3ccccc3)S2)c(C)n1-c1ccc(F)cc1. The summed E-state index contributed by atoms with van der Waals surface area (Å²) in [5.74, 6) is -0.222. The lowest BCUT2D eigenvalue weighted by Gasteiger charge is -2.12. The van der Waals surface area contributed by atoms with Crippen molar-refractivity contribution in [2.24, 2.45) is 5.10 Å². The van der Waals surface area contributed by atoms with Gasteiger partial charge in [-0.1, -0.05) is 42.1 Å². The largest absolute Gasteiger partial charge is 0.318 e. The van der Waals surface area contributed by atoms with Crippen molar-refractivity contribution in [3.05, 3.63) is 89.0 Å². The molecule has 3 aromatic rings. The highest BCUT2D eigenvalue weighted by Gasteiger charge is 2.26. The number of nitrogens with one attached hydrogen (secondary N) is 1. The molecule has 0 bridgehead atoms. The molecule has 0 saturated carbocycles. The van der Waals surface area contributed by atoms with E-state index in [1.807, 2.05) is 18.2 Å². The molecule has 0 fully saturated rings. The molecule has 1 atom stereocenters. The lowest BCUT2D eigenvalue weighted by atomic mass is 10.2. The Morgan fingerprint density at radius 2 is 1.76 bits per heavy atom. The van der Waals surface area contributed by atoms with Crippen molar-refractivity contribution in [1.82, 2.24) is 9.99 Å². The Labute approximate surface area is 150 Å². The normalized spacial score (nSPS) is 16.6. The highest BCUT2D eigenvalue weighted by Crippen LogP contribution is 2.37. The Morgan fingerprint density at radius 1 is 1.04 bits per heavy atom. The number of thioether (sulfide) groups is 1. The third-order valence-corrected chi connectivity index (χ3v) is 5.52. The minimum Gasteiger partial charge on any atom is -0.318 e. The van der Waals surface area contributed by atoms with Crippen LogP contribution in [-0.4, -0.2) is 9.61 Å². The summed E-state index contributed by atoms with van der Waals surface area (Å²) in [4.78, 5) is 0. The number of hydrogen-bond donors (Lipinski definition) is 1. The molecule has 4 rings (SSSR count). The molecule has 1 N–H and O–H groups in total. The summed E-state index contributed by atoms with van der Waals surface area (Å²) < 4.78 is 15.4. The zero-order valence-electron chi connectivity index (χ0n) is 14.0. The molecule has 0 saturated heterocycles. The summed E-state index contributed by atoms with van der Waals surface area (Å²) in [5, 5.41) is 5.58. The lowest BCUT2D eigenvalue weighted by Crippen LogP contribution is -2.08. The van der Waals surface area contributed by atoms with Crippen LogP contribution in [0, 0.1) is 19.7 Å².